The van der Waals surface area contributed by atoms with E-state index < -0.39 is 59.0 Å². The highest BCUT2D eigenvalue weighted by atomic mass is 19.4. The van der Waals surface area contributed by atoms with E-state index >= 15 is 0 Å². The number of Topliss-reactive ketones (excluding diaryl/α,β-unsaturated/α-hetero) is 1. The van der Waals surface area contributed by atoms with Gasteiger partial charge in [0.1, 0.15) is 11.7 Å². The number of allylic oxidation sites excluding steroid dienone is 1. The smallest absolute Gasteiger partial charge is 0.458 e. The molecule has 0 saturated heterocycles. The molecule has 0 aromatic carbocycles. The predicted octanol–water partition coefficient (Wildman–Crippen LogP) is 3.47. The summed E-state index contributed by atoms with van der Waals surface area (Å²) in [5.41, 5.74) is -2.87. The number of ketones is 2. The summed E-state index contributed by atoms with van der Waals surface area (Å²) < 4.78 is 49.7. The Balaban J connectivity index is 1.75. The van der Waals surface area contributed by atoms with Crippen LogP contribution in [-0.4, -0.2) is 53.1 Å². The predicted molar refractivity (Wildman–Crippen MR) is 115 cm³/mol. The zero-order chi connectivity index (χ0) is 26.0. The van der Waals surface area contributed by atoms with Crippen LogP contribution in [-0.2, 0) is 28.7 Å². The first-order valence-corrected chi connectivity index (χ1v) is 12.0. The minimum Gasteiger partial charge on any atom is -0.458 e. The number of ether oxygens (including phenoxy) is 2. The Bertz CT molecular complexity index is 988. The van der Waals surface area contributed by atoms with Gasteiger partial charge in [-0.15, -0.1) is 0 Å². The molecule has 194 valence electrons. The SMILES string of the molecule is CC(=O)OCC(=O)[C@@]1(O)CC[C@H]2[C@@H]3CCC4=CC(=O)CC[C@]4(C)[C@H]3C(OC(=O)C(F)(F)F)C[C@@]21C. The molecule has 10 heteroatoms. The van der Waals surface area contributed by atoms with Gasteiger partial charge in [0.25, 0.3) is 0 Å². The van der Waals surface area contributed by atoms with E-state index in [-0.39, 0.29) is 36.9 Å². The number of rotatable bonds is 4. The molecule has 4 rings (SSSR count). The van der Waals surface area contributed by atoms with Crippen LogP contribution >= 0.6 is 0 Å². The fraction of sp³-hybridized carbons (Fsp3) is 0.760. The fourth-order valence-corrected chi connectivity index (χ4v) is 7.72. The molecule has 0 heterocycles. The van der Waals surface area contributed by atoms with Crippen molar-refractivity contribution in [1.29, 1.82) is 0 Å². The normalized spacial score (nSPS) is 40.7. The van der Waals surface area contributed by atoms with Crippen molar-refractivity contribution in [3.8, 4) is 0 Å². The summed E-state index contributed by atoms with van der Waals surface area (Å²) in [5, 5.41) is 11.6. The minimum absolute atomic E-state index is 0.0216. The van der Waals surface area contributed by atoms with Crippen LogP contribution < -0.4 is 0 Å². The van der Waals surface area contributed by atoms with Crippen LogP contribution in [0, 0.1) is 28.6 Å². The van der Waals surface area contributed by atoms with Gasteiger partial charge in [-0.3, -0.25) is 14.4 Å². The van der Waals surface area contributed by atoms with Crippen LogP contribution in [0.2, 0.25) is 0 Å². The van der Waals surface area contributed by atoms with Crippen molar-refractivity contribution in [2.75, 3.05) is 6.61 Å². The van der Waals surface area contributed by atoms with Gasteiger partial charge in [0.15, 0.2) is 12.4 Å². The first-order chi connectivity index (χ1) is 16.1. The highest BCUT2D eigenvalue weighted by molar-refractivity contribution is 5.92. The molecule has 1 unspecified atom stereocenters. The van der Waals surface area contributed by atoms with E-state index in [9.17, 15) is 37.5 Å². The van der Waals surface area contributed by atoms with E-state index in [0.717, 1.165) is 12.5 Å². The van der Waals surface area contributed by atoms with Crippen LogP contribution in [0.25, 0.3) is 0 Å². The van der Waals surface area contributed by atoms with Gasteiger partial charge in [0.05, 0.1) is 0 Å². The maximum absolute atomic E-state index is 13.2. The number of alkyl halides is 3. The van der Waals surface area contributed by atoms with Gasteiger partial charge in [-0.25, -0.2) is 4.79 Å². The lowest BCUT2D eigenvalue weighted by atomic mass is 9.45. The van der Waals surface area contributed by atoms with Crippen LogP contribution in [0.15, 0.2) is 11.6 Å². The van der Waals surface area contributed by atoms with Crippen molar-refractivity contribution in [3.05, 3.63) is 11.6 Å². The van der Waals surface area contributed by atoms with Crippen molar-refractivity contribution in [3.63, 3.8) is 0 Å². The Morgan fingerprint density at radius 3 is 2.46 bits per heavy atom. The lowest BCUT2D eigenvalue weighted by Crippen LogP contribution is -2.63. The van der Waals surface area contributed by atoms with Gasteiger partial charge in [-0.05, 0) is 61.9 Å². The Morgan fingerprint density at radius 1 is 1.14 bits per heavy atom. The van der Waals surface area contributed by atoms with Crippen molar-refractivity contribution in [1.82, 2.24) is 0 Å². The Hall–Kier alpha value is -2.23. The molecule has 7 atom stereocenters. The molecular weight excluding hydrogens is 469 g/mol. The van der Waals surface area contributed by atoms with Crippen LogP contribution in [0.3, 0.4) is 0 Å². The zero-order valence-corrected chi connectivity index (χ0v) is 20.1. The molecule has 0 amide bonds. The summed E-state index contributed by atoms with van der Waals surface area (Å²) in [4.78, 5) is 48.4. The third-order valence-electron chi connectivity index (χ3n) is 9.38. The maximum Gasteiger partial charge on any atom is 0.490 e. The average molecular weight is 501 g/mol. The zero-order valence-electron chi connectivity index (χ0n) is 20.1. The van der Waals surface area contributed by atoms with Crippen LogP contribution in [0.5, 0.6) is 0 Å². The number of carbonyl (C=O) groups is 4. The second kappa shape index (κ2) is 8.42. The summed E-state index contributed by atoms with van der Waals surface area (Å²) in [5.74, 6) is -4.63. The second-order valence-electron chi connectivity index (χ2n) is 11.1. The van der Waals surface area contributed by atoms with Gasteiger partial charge in [-0.1, -0.05) is 19.4 Å². The number of aliphatic hydroxyl groups is 1. The first-order valence-electron chi connectivity index (χ1n) is 12.0. The van der Waals surface area contributed by atoms with Gasteiger partial charge in [0.2, 0.25) is 5.78 Å². The molecule has 3 saturated carbocycles. The van der Waals surface area contributed by atoms with Crippen molar-refractivity contribution in [2.24, 2.45) is 28.6 Å². The Morgan fingerprint density at radius 2 is 1.83 bits per heavy atom. The van der Waals surface area contributed by atoms with Gasteiger partial charge in [0, 0.05) is 24.7 Å². The molecule has 1 N–H and O–H groups in total. The highest BCUT2D eigenvalue weighted by Crippen LogP contribution is 2.68. The first kappa shape index (κ1) is 25.9. The van der Waals surface area contributed by atoms with E-state index in [1.54, 1.807) is 13.0 Å². The number of halogens is 3. The molecule has 3 fully saturated rings. The largest absolute Gasteiger partial charge is 0.490 e. The maximum atomic E-state index is 13.2. The molecule has 0 aromatic rings. The quantitative estimate of drug-likeness (QED) is 0.589. The summed E-state index contributed by atoms with van der Waals surface area (Å²) in [7, 11) is 0. The molecule has 7 nitrogen and oxygen atoms in total. The molecule has 0 aromatic heterocycles. The van der Waals surface area contributed by atoms with E-state index in [1.807, 2.05) is 6.92 Å². The molecule has 4 aliphatic carbocycles. The topological polar surface area (TPSA) is 107 Å². The van der Waals surface area contributed by atoms with E-state index in [4.69, 9.17) is 9.47 Å². The number of esters is 2. The summed E-state index contributed by atoms with van der Waals surface area (Å²) in [6.45, 7) is 4.09. The van der Waals surface area contributed by atoms with Crippen molar-refractivity contribution in [2.45, 2.75) is 83.6 Å². The van der Waals surface area contributed by atoms with E-state index in [1.165, 1.54) is 0 Å². The number of carbonyl (C=O) groups excluding carboxylic acids is 4. The Labute approximate surface area is 201 Å². The monoisotopic (exact) mass is 500 g/mol. The minimum atomic E-state index is -5.19. The number of hydrogen-bond donors (Lipinski definition) is 1. The molecular formula is C25H31F3O7. The van der Waals surface area contributed by atoms with Gasteiger partial charge < -0.3 is 14.6 Å². The van der Waals surface area contributed by atoms with Crippen LogP contribution in [0.4, 0.5) is 13.2 Å². The van der Waals surface area contributed by atoms with Crippen molar-refractivity contribution >= 4 is 23.5 Å². The van der Waals surface area contributed by atoms with E-state index in [0.29, 0.717) is 25.7 Å². The van der Waals surface area contributed by atoms with Crippen molar-refractivity contribution < 1.29 is 46.9 Å². The molecule has 0 bridgehead atoms. The standard InChI is InChI=1S/C25H31F3O7/c1-13(29)34-12-19(31)24(33)9-7-17-16-5-4-14-10-15(30)6-8-22(14,2)20(16)18(11-23(17,24)3)35-21(32)25(26,27)28/h10,16-18,20,33H,4-9,11-12H2,1-3H3/t16-,17-,18?,20+,22-,23-,24-/m0/s1. The van der Waals surface area contributed by atoms with Crippen LogP contribution in [0.1, 0.15) is 65.7 Å². The molecule has 0 radical (unpaired) electrons. The third-order valence-corrected chi connectivity index (χ3v) is 9.38. The molecule has 4 aliphatic rings. The second-order valence-corrected chi connectivity index (χ2v) is 11.1. The Kier molecular flexibility index (Phi) is 6.22. The van der Waals surface area contributed by atoms with Gasteiger partial charge in [-0.2, -0.15) is 13.2 Å². The molecule has 0 aliphatic heterocycles. The number of fused-ring (bicyclic) bond motifs is 5. The molecule has 0 spiro atoms. The summed E-state index contributed by atoms with van der Waals surface area (Å²) >= 11 is 0. The number of hydrogen-bond acceptors (Lipinski definition) is 7. The summed E-state index contributed by atoms with van der Waals surface area (Å²) in [6.07, 6.45) is -2.57. The summed E-state index contributed by atoms with van der Waals surface area (Å²) in [6, 6.07) is 0. The van der Waals surface area contributed by atoms with E-state index in [2.05, 4.69) is 0 Å². The average Bonchev–Trinajstić information content (AvgIpc) is 3.03. The highest BCUT2D eigenvalue weighted by Gasteiger charge is 2.69. The lowest BCUT2D eigenvalue weighted by Gasteiger charge is -2.60. The van der Waals surface area contributed by atoms with Gasteiger partial charge >= 0.3 is 18.1 Å². The third kappa shape index (κ3) is 4.01. The molecule has 35 heavy (non-hydrogen) atoms. The fourth-order valence-electron chi connectivity index (χ4n) is 7.72. The lowest BCUT2D eigenvalue weighted by molar-refractivity contribution is -0.226.